The number of amides is 2. The average molecular weight is 567 g/mol. The highest BCUT2D eigenvalue weighted by Gasteiger charge is 2.74. The topological polar surface area (TPSA) is 159 Å². The summed E-state index contributed by atoms with van der Waals surface area (Å²) in [7, 11) is 1.46. The molecule has 38 heavy (non-hydrogen) atoms. The Labute approximate surface area is 210 Å². The van der Waals surface area contributed by atoms with Gasteiger partial charge in [-0.1, -0.05) is 0 Å². The third-order valence-corrected chi connectivity index (χ3v) is 5.94. The average Bonchev–Trinajstić information content (AvgIpc) is 3.22. The Morgan fingerprint density at radius 3 is 2.24 bits per heavy atom. The highest BCUT2D eigenvalue weighted by molar-refractivity contribution is 7.99. The number of nitro benzene ring substituents is 1. The van der Waals surface area contributed by atoms with Gasteiger partial charge in [-0.15, -0.1) is 5.10 Å². The number of primary amides is 1. The maximum Gasteiger partial charge on any atom is 0.460 e. The van der Waals surface area contributed by atoms with Crippen molar-refractivity contribution in [2.24, 2.45) is 12.8 Å². The second-order valence-electron chi connectivity index (χ2n) is 7.35. The fraction of sp³-hybridized carbons (Fsp3) is 0.211. The Hall–Kier alpha value is -4.29. The lowest BCUT2D eigenvalue weighted by Gasteiger charge is -2.29. The van der Waals surface area contributed by atoms with Crippen LogP contribution in [0.3, 0.4) is 0 Å². The molecule has 1 heterocycles. The number of carbonyl (C=O) groups is 2. The van der Waals surface area contributed by atoms with Gasteiger partial charge in [-0.05, 0) is 46.5 Å². The van der Waals surface area contributed by atoms with Gasteiger partial charge in [0.25, 0.3) is 11.6 Å². The zero-order valence-corrected chi connectivity index (χ0v) is 19.3. The quantitative estimate of drug-likeness (QED) is 0.236. The predicted molar refractivity (Wildman–Crippen MR) is 114 cm³/mol. The van der Waals surface area contributed by atoms with Gasteiger partial charge in [0.05, 0.1) is 16.1 Å². The Morgan fingerprint density at radius 2 is 1.71 bits per heavy atom. The standard InChI is InChI=1S/C19H12F7N7O4S/c1-32-16(29-30-31-32)38-13-5-3-9(33(36)37)7-11(13)15(35)28-8-2-4-12(10(6-8)14(27)34)17(20,21)18(22,23)19(24,25)26/h2-7H,1H3,(H2,27,34)(H,28,35). The van der Waals surface area contributed by atoms with Crippen LogP contribution in [0, 0.1) is 10.1 Å². The van der Waals surface area contributed by atoms with Gasteiger partial charge < -0.3 is 11.1 Å². The van der Waals surface area contributed by atoms with Crippen molar-refractivity contribution in [3.05, 3.63) is 63.2 Å². The van der Waals surface area contributed by atoms with Gasteiger partial charge in [0.15, 0.2) is 0 Å². The van der Waals surface area contributed by atoms with Crippen LogP contribution in [0.15, 0.2) is 46.5 Å². The summed E-state index contributed by atoms with van der Waals surface area (Å²) in [5.41, 5.74) is 0.0489. The largest absolute Gasteiger partial charge is 0.460 e. The first kappa shape index (κ1) is 28.3. The molecule has 11 nitrogen and oxygen atoms in total. The number of hydrogen-bond donors (Lipinski definition) is 2. The number of anilines is 1. The van der Waals surface area contributed by atoms with Crippen molar-refractivity contribution < 1.29 is 45.2 Å². The molecule has 0 radical (unpaired) electrons. The number of rotatable bonds is 8. The molecule has 3 N–H and O–H groups in total. The zero-order valence-electron chi connectivity index (χ0n) is 18.5. The first-order valence-corrected chi connectivity index (χ1v) is 10.6. The van der Waals surface area contributed by atoms with E-state index in [2.05, 4.69) is 20.8 Å². The van der Waals surface area contributed by atoms with E-state index in [0.717, 1.165) is 23.9 Å². The second-order valence-corrected chi connectivity index (χ2v) is 8.36. The van der Waals surface area contributed by atoms with E-state index >= 15 is 0 Å². The van der Waals surface area contributed by atoms with E-state index in [1.54, 1.807) is 0 Å². The van der Waals surface area contributed by atoms with Crippen molar-refractivity contribution in [1.29, 1.82) is 0 Å². The molecule has 0 saturated heterocycles. The maximum atomic E-state index is 14.2. The van der Waals surface area contributed by atoms with Gasteiger partial charge in [-0.3, -0.25) is 19.7 Å². The van der Waals surface area contributed by atoms with E-state index in [9.17, 15) is 50.4 Å². The van der Waals surface area contributed by atoms with Crippen molar-refractivity contribution >= 4 is 35.0 Å². The summed E-state index contributed by atoms with van der Waals surface area (Å²) in [5, 5.41) is 24.1. The van der Waals surface area contributed by atoms with E-state index < -0.39 is 57.3 Å². The van der Waals surface area contributed by atoms with Gasteiger partial charge in [-0.2, -0.15) is 30.7 Å². The highest BCUT2D eigenvalue weighted by atomic mass is 32.2. The van der Waals surface area contributed by atoms with Crippen LogP contribution >= 0.6 is 11.8 Å². The molecule has 0 aliphatic rings. The molecule has 0 atom stereocenters. The lowest BCUT2D eigenvalue weighted by molar-refractivity contribution is -0.384. The van der Waals surface area contributed by atoms with Crippen LogP contribution in [0.2, 0.25) is 0 Å². The molecule has 0 saturated carbocycles. The van der Waals surface area contributed by atoms with Crippen LogP contribution in [-0.4, -0.2) is 49.0 Å². The van der Waals surface area contributed by atoms with Crippen molar-refractivity contribution in [2.75, 3.05) is 5.32 Å². The minimum absolute atomic E-state index is 0.0731. The van der Waals surface area contributed by atoms with Crippen LogP contribution in [-0.2, 0) is 13.0 Å². The normalized spacial score (nSPS) is 12.3. The summed E-state index contributed by atoms with van der Waals surface area (Å²) in [6.45, 7) is 0. The molecule has 202 valence electrons. The number of aromatic nitrogens is 4. The molecule has 0 bridgehead atoms. The van der Waals surface area contributed by atoms with Crippen LogP contribution in [0.5, 0.6) is 0 Å². The van der Waals surface area contributed by atoms with Crippen LogP contribution in [0.4, 0.5) is 42.1 Å². The van der Waals surface area contributed by atoms with E-state index in [1.165, 1.54) is 17.8 Å². The second kappa shape index (κ2) is 9.88. The lowest BCUT2D eigenvalue weighted by Crippen LogP contribution is -2.50. The first-order chi connectivity index (χ1) is 17.5. The summed E-state index contributed by atoms with van der Waals surface area (Å²) < 4.78 is 94.6. The number of nitrogens with zero attached hydrogens (tertiary/aromatic N) is 5. The Kier molecular flexibility index (Phi) is 7.35. The molecule has 0 fully saturated rings. The summed E-state index contributed by atoms with van der Waals surface area (Å²) in [6.07, 6.45) is -6.67. The maximum absolute atomic E-state index is 14.2. The molecule has 3 aromatic rings. The molecule has 3 rings (SSSR count). The summed E-state index contributed by atoms with van der Waals surface area (Å²) in [5.74, 6) is -15.4. The fourth-order valence-electron chi connectivity index (χ4n) is 2.95. The molecule has 19 heteroatoms. The Balaban J connectivity index is 2.03. The first-order valence-electron chi connectivity index (χ1n) is 9.74. The zero-order chi connectivity index (χ0) is 28.6. The third kappa shape index (κ3) is 5.22. The smallest absolute Gasteiger partial charge is 0.366 e. The fourth-order valence-corrected chi connectivity index (χ4v) is 3.79. The molecule has 2 amide bonds. The van der Waals surface area contributed by atoms with Crippen LogP contribution in [0.25, 0.3) is 0 Å². The number of nitrogens with one attached hydrogen (secondary N) is 1. The SMILES string of the molecule is Cn1nnnc1Sc1ccc([N+](=O)[O-])cc1C(=O)Nc1ccc(C(F)(F)C(F)(F)C(F)(F)F)c(C(N)=O)c1. The number of hydrogen-bond acceptors (Lipinski definition) is 8. The summed E-state index contributed by atoms with van der Waals surface area (Å²) in [6, 6.07) is 4.06. The van der Waals surface area contributed by atoms with Gasteiger partial charge in [0, 0.05) is 35.3 Å². The number of nitro groups is 1. The summed E-state index contributed by atoms with van der Waals surface area (Å²) >= 11 is 0.806. The molecule has 0 unspecified atom stereocenters. The Morgan fingerprint density at radius 1 is 1.05 bits per heavy atom. The van der Waals surface area contributed by atoms with Gasteiger partial charge in [-0.25, -0.2) is 4.68 Å². The van der Waals surface area contributed by atoms with Crippen LogP contribution in [0.1, 0.15) is 26.3 Å². The monoisotopic (exact) mass is 567 g/mol. The van der Waals surface area contributed by atoms with Gasteiger partial charge in [0.1, 0.15) is 0 Å². The predicted octanol–water partition coefficient (Wildman–Crippen LogP) is 3.91. The molecule has 2 aromatic carbocycles. The molecule has 0 aliphatic heterocycles. The molecule has 0 aliphatic carbocycles. The lowest BCUT2D eigenvalue weighted by atomic mass is 9.95. The minimum atomic E-state index is -6.67. The molecule has 0 spiro atoms. The van der Waals surface area contributed by atoms with Gasteiger partial charge >= 0.3 is 18.0 Å². The van der Waals surface area contributed by atoms with Crippen molar-refractivity contribution in [3.8, 4) is 0 Å². The number of non-ortho nitro benzene ring substituents is 1. The van der Waals surface area contributed by atoms with E-state index in [4.69, 9.17) is 5.73 Å². The third-order valence-electron chi connectivity index (χ3n) is 4.83. The number of tetrazole rings is 1. The van der Waals surface area contributed by atoms with Gasteiger partial charge in [0.2, 0.25) is 11.1 Å². The highest BCUT2D eigenvalue weighted by Crippen LogP contribution is 2.52. The number of benzene rings is 2. The number of alkyl halides is 7. The van der Waals surface area contributed by atoms with Crippen molar-refractivity contribution in [1.82, 2.24) is 20.2 Å². The van der Waals surface area contributed by atoms with Crippen molar-refractivity contribution in [3.63, 3.8) is 0 Å². The van der Waals surface area contributed by atoms with E-state index in [0.29, 0.717) is 12.1 Å². The Bertz CT molecular complexity index is 1430. The van der Waals surface area contributed by atoms with Crippen molar-refractivity contribution in [2.45, 2.75) is 28.1 Å². The molecule has 1 aromatic heterocycles. The summed E-state index contributed by atoms with van der Waals surface area (Å²) in [4.78, 5) is 35.1. The minimum Gasteiger partial charge on any atom is -0.366 e. The molecular formula is C19H12F7N7O4S. The van der Waals surface area contributed by atoms with Crippen LogP contribution < -0.4 is 11.1 Å². The number of carbonyl (C=O) groups excluding carboxylic acids is 2. The van der Waals surface area contributed by atoms with E-state index in [1.807, 2.05) is 0 Å². The molecular weight excluding hydrogens is 555 g/mol. The number of nitrogens with two attached hydrogens (primary N) is 1. The number of aryl methyl sites for hydroxylation is 1. The van der Waals surface area contributed by atoms with E-state index in [-0.39, 0.29) is 21.7 Å². The number of halogens is 7.